The molecule has 0 saturated carbocycles. The molecule has 1 aromatic carbocycles. The summed E-state index contributed by atoms with van der Waals surface area (Å²) in [5, 5.41) is 9.90. The number of aliphatic hydroxyl groups is 1. The van der Waals surface area contributed by atoms with Crippen LogP contribution in [0.5, 0.6) is 0 Å². The second-order valence-electron chi connectivity index (χ2n) is 4.64. The Morgan fingerprint density at radius 2 is 2.33 bits per heavy atom. The van der Waals surface area contributed by atoms with Crippen molar-refractivity contribution in [1.82, 2.24) is 4.90 Å². The molecule has 1 N–H and O–H groups in total. The molecule has 98 valence electrons. The molecule has 18 heavy (non-hydrogen) atoms. The molecule has 1 fully saturated rings. The quantitative estimate of drug-likeness (QED) is 0.904. The van der Waals surface area contributed by atoms with E-state index in [1.54, 1.807) is 23.1 Å². The lowest BCUT2D eigenvalue weighted by Gasteiger charge is -2.25. The Hall–Kier alpha value is -0.580. The summed E-state index contributed by atoms with van der Waals surface area (Å²) in [6, 6.07) is 5.09. The number of benzene rings is 1. The number of hydrogen-bond acceptors (Lipinski definition) is 2. The molecule has 2 unspecified atom stereocenters. The first-order valence-corrected chi connectivity index (χ1v) is 7.08. The second kappa shape index (κ2) is 5.59. The van der Waals surface area contributed by atoms with E-state index >= 15 is 0 Å². The molecule has 1 aliphatic rings. The minimum absolute atomic E-state index is 0.0111. The fourth-order valence-electron chi connectivity index (χ4n) is 2.33. The summed E-state index contributed by atoms with van der Waals surface area (Å²) in [6.07, 6.45) is 0.932. The molecule has 5 heteroatoms. The molecule has 0 bridgehead atoms. The van der Waals surface area contributed by atoms with Crippen LogP contribution in [0.1, 0.15) is 23.7 Å². The number of rotatable bonds is 2. The molecular weight excluding hydrogens is 318 g/mol. The summed E-state index contributed by atoms with van der Waals surface area (Å²) in [7, 11) is 0. The van der Waals surface area contributed by atoms with Crippen molar-refractivity contribution < 1.29 is 9.90 Å². The van der Waals surface area contributed by atoms with Crippen LogP contribution in [0.4, 0.5) is 0 Å². The van der Waals surface area contributed by atoms with E-state index in [9.17, 15) is 9.90 Å². The summed E-state index contributed by atoms with van der Waals surface area (Å²) in [4.78, 5) is 14.1. The van der Waals surface area contributed by atoms with Crippen LogP contribution in [0.25, 0.3) is 0 Å². The molecular formula is C13H15BrClNO2. The Balaban J connectivity index is 2.23. The van der Waals surface area contributed by atoms with Gasteiger partial charge in [0.1, 0.15) is 0 Å². The summed E-state index contributed by atoms with van der Waals surface area (Å²) >= 11 is 9.30. The van der Waals surface area contributed by atoms with Gasteiger partial charge in [-0.05, 0) is 46.5 Å². The summed E-state index contributed by atoms with van der Waals surface area (Å²) in [6.45, 7) is 2.76. The zero-order chi connectivity index (χ0) is 13.3. The molecule has 1 aliphatic heterocycles. The van der Waals surface area contributed by atoms with Crippen LogP contribution in [0.2, 0.25) is 5.02 Å². The SMILES string of the molecule is CC1CCN(C(=O)c2ccc(Br)c(Cl)c2)C1CO. The predicted molar refractivity (Wildman–Crippen MR) is 74.8 cm³/mol. The van der Waals surface area contributed by atoms with Gasteiger partial charge in [0.05, 0.1) is 17.7 Å². The van der Waals surface area contributed by atoms with Crippen LogP contribution < -0.4 is 0 Å². The lowest BCUT2D eigenvalue weighted by Crippen LogP contribution is -2.39. The number of aliphatic hydroxyl groups excluding tert-OH is 1. The van der Waals surface area contributed by atoms with Crippen molar-refractivity contribution in [3.63, 3.8) is 0 Å². The third-order valence-electron chi connectivity index (χ3n) is 3.50. The van der Waals surface area contributed by atoms with Crippen LogP contribution >= 0.6 is 27.5 Å². The van der Waals surface area contributed by atoms with Crippen LogP contribution in [0, 0.1) is 5.92 Å². The van der Waals surface area contributed by atoms with Gasteiger partial charge in [0, 0.05) is 16.6 Å². The first-order valence-electron chi connectivity index (χ1n) is 5.91. The van der Waals surface area contributed by atoms with Gasteiger partial charge < -0.3 is 10.0 Å². The van der Waals surface area contributed by atoms with Gasteiger partial charge in [-0.1, -0.05) is 18.5 Å². The maximum absolute atomic E-state index is 12.4. The van der Waals surface area contributed by atoms with Gasteiger partial charge in [0.15, 0.2) is 0 Å². The number of hydrogen-bond donors (Lipinski definition) is 1. The highest BCUT2D eigenvalue weighted by atomic mass is 79.9. The van der Waals surface area contributed by atoms with E-state index < -0.39 is 0 Å². The number of carbonyl (C=O) groups is 1. The molecule has 1 saturated heterocycles. The standard InChI is InChI=1S/C13H15BrClNO2/c1-8-4-5-16(12(8)7-17)13(18)9-2-3-10(14)11(15)6-9/h2-3,6,8,12,17H,4-5,7H2,1H3. The molecule has 0 aromatic heterocycles. The second-order valence-corrected chi connectivity index (χ2v) is 5.90. The molecule has 0 radical (unpaired) electrons. The fourth-order valence-corrected chi connectivity index (χ4v) is 2.76. The summed E-state index contributed by atoms with van der Waals surface area (Å²) < 4.78 is 0.772. The third-order valence-corrected chi connectivity index (χ3v) is 4.73. The van der Waals surface area contributed by atoms with Crippen LogP contribution in [0.15, 0.2) is 22.7 Å². The van der Waals surface area contributed by atoms with Crippen molar-refractivity contribution in [2.75, 3.05) is 13.2 Å². The zero-order valence-corrected chi connectivity index (χ0v) is 12.4. The first kappa shape index (κ1) is 13.8. The number of likely N-dealkylation sites (tertiary alicyclic amines) is 1. The molecule has 0 aliphatic carbocycles. The Bertz CT molecular complexity index is 466. The van der Waals surface area contributed by atoms with Gasteiger partial charge in [0.2, 0.25) is 0 Å². The summed E-state index contributed by atoms with van der Waals surface area (Å²) in [5.74, 6) is 0.276. The van der Waals surface area contributed by atoms with E-state index in [0.29, 0.717) is 23.0 Å². The van der Waals surface area contributed by atoms with Crippen molar-refractivity contribution in [1.29, 1.82) is 0 Å². The lowest BCUT2D eigenvalue weighted by atomic mass is 10.0. The van der Waals surface area contributed by atoms with Gasteiger partial charge in [-0.2, -0.15) is 0 Å². The van der Waals surface area contributed by atoms with Crippen molar-refractivity contribution in [3.8, 4) is 0 Å². The molecule has 1 amide bonds. The molecule has 3 nitrogen and oxygen atoms in total. The topological polar surface area (TPSA) is 40.5 Å². The minimum Gasteiger partial charge on any atom is -0.394 e. The Morgan fingerprint density at radius 1 is 1.61 bits per heavy atom. The van der Waals surface area contributed by atoms with E-state index in [1.807, 2.05) is 0 Å². The normalized spacial score (nSPS) is 23.4. The maximum atomic E-state index is 12.4. The molecule has 2 atom stereocenters. The Labute approximate surface area is 120 Å². The Morgan fingerprint density at radius 3 is 2.94 bits per heavy atom. The highest BCUT2D eigenvalue weighted by Crippen LogP contribution is 2.28. The highest BCUT2D eigenvalue weighted by molar-refractivity contribution is 9.10. The Kier molecular flexibility index (Phi) is 4.30. The van der Waals surface area contributed by atoms with Crippen molar-refractivity contribution in [2.45, 2.75) is 19.4 Å². The number of nitrogens with zero attached hydrogens (tertiary/aromatic N) is 1. The van der Waals surface area contributed by atoms with Crippen molar-refractivity contribution in [2.24, 2.45) is 5.92 Å². The maximum Gasteiger partial charge on any atom is 0.254 e. The van der Waals surface area contributed by atoms with Gasteiger partial charge in [0.25, 0.3) is 5.91 Å². The van der Waals surface area contributed by atoms with Gasteiger partial charge >= 0.3 is 0 Å². The van der Waals surface area contributed by atoms with Crippen LogP contribution in [-0.4, -0.2) is 35.1 Å². The largest absolute Gasteiger partial charge is 0.394 e. The van der Waals surface area contributed by atoms with Crippen LogP contribution in [0.3, 0.4) is 0 Å². The average Bonchev–Trinajstić information content (AvgIpc) is 2.73. The number of amides is 1. The average molecular weight is 333 g/mol. The number of carbonyl (C=O) groups excluding carboxylic acids is 1. The first-order chi connectivity index (χ1) is 8.54. The lowest BCUT2D eigenvalue weighted by molar-refractivity contribution is 0.0648. The third kappa shape index (κ3) is 2.56. The highest BCUT2D eigenvalue weighted by Gasteiger charge is 2.34. The smallest absolute Gasteiger partial charge is 0.254 e. The molecule has 0 spiro atoms. The summed E-state index contributed by atoms with van der Waals surface area (Å²) in [5.41, 5.74) is 0.566. The zero-order valence-electron chi connectivity index (χ0n) is 10.1. The monoisotopic (exact) mass is 331 g/mol. The van der Waals surface area contributed by atoms with Gasteiger partial charge in [-0.15, -0.1) is 0 Å². The van der Waals surface area contributed by atoms with Gasteiger partial charge in [-0.3, -0.25) is 4.79 Å². The van der Waals surface area contributed by atoms with Gasteiger partial charge in [-0.25, -0.2) is 0 Å². The predicted octanol–water partition coefficient (Wildman–Crippen LogP) is 2.95. The van der Waals surface area contributed by atoms with E-state index in [4.69, 9.17) is 11.6 Å². The van der Waals surface area contributed by atoms with Crippen molar-refractivity contribution >= 4 is 33.4 Å². The van der Waals surface area contributed by atoms with E-state index in [0.717, 1.165) is 10.9 Å². The molecule has 1 heterocycles. The van der Waals surface area contributed by atoms with E-state index in [2.05, 4.69) is 22.9 Å². The number of halogens is 2. The van der Waals surface area contributed by atoms with E-state index in [-0.39, 0.29) is 18.6 Å². The van der Waals surface area contributed by atoms with Crippen molar-refractivity contribution in [3.05, 3.63) is 33.3 Å². The fraction of sp³-hybridized carbons (Fsp3) is 0.462. The molecule has 2 rings (SSSR count). The molecule has 1 aromatic rings. The van der Waals surface area contributed by atoms with Crippen LogP contribution in [-0.2, 0) is 0 Å². The van der Waals surface area contributed by atoms with E-state index in [1.165, 1.54) is 0 Å². The minimum atomic E-state index is -0.0834.